The van der Waals surface area contributed by atoms with E-state index in [9.17, 15) is 16.8 Å². The minimum Gasteiger partial charge on any atom is -0.318 e. The lowest BCUT2D eigenvalue weighted by Gasteiger charge is -2.13. The van der Waals surface area contributed by atoms with E-state index < -0.39 is 19.9 Å². The summed E-state index contributed by atoms with van der Waals surface area (Å²) in [7, 11) is -5.48. The van der Waals surface area contributed by atoms with Gasteiger partial charge in [0.05, 0.1) is 9.79 Å². The van der Waals surface area contributed by atoms with Gasteiger partial charge in [0, 0.05) is 19.3 Å². The van der Waals surface area contributed by atoms with Crippen molar-refractivity contribution in [2.45, 2.75) is 23.6 Å². The molecule has 0 aliphatic heterocycles. The highest BCUT2D eigenvalue weighted by Gasteiger charge is 2.22. The molecule has 6 nitrogen and oxygen atoms in total. The Balaban J connectivity index is 3.36. The van der Waals surface area contributed by atoms with Crippen LogP contribution < -0.4 is 10.0 Å². The molecule has 20 heavy (non-hydrogen) atoms. The van der Waals surface area contributed by atoms with Crippen LogP contribution in [0.5, 0.6) is 0 Å². The predicted molar refractivity (Wildman–Crippen MR) is 78.1 cm³/mol. The Labute approximate surface area is 120 Å². The zero-order chi connectivity index (χ0) is 15.6. The molecule has 0 aromatic heterocycles. The molecule has 0 unspecified atom stereocenters. The van der Waals surface area contributed by atoms with Crippen LogP contribution in [0.4, 0.5) is 0 Å². The van der Waals surface area contributed by atoms with Gasteiger partial charge in [-0.25, -0.2) is 21.6 Å². The van der Waals surface area contributed by atoms with E-state index in [1.165, 1.54) is 19.1 Å². The van der Waals surface area contributed by atoms with Crippen molar-refractivity contribution < 1.29 is 16.8 Å². The first kappa shape index (κ1) is 17.1. The first-order valence-corrected chi connectivity index (χ1v) is 9.42. The lowest BCUT2D eigenvalue weighted by molar-refractivity contribution is 0.578. The van der Waals surface area contributed by atoms with Gasteiger partial charge in [-0.2, -0.15) is 0 Å². The number of aryl methyl sites for hydroxylation is 1. The highest BCUT2D eigenvalue weighted by atomic mass is 32.2. The molecule has 0 saturated heterocycles. The quantitative estimate of drug-likeness (QED) is 0.731. The monoisotopic (exact) mass is 320 g/mol. The summed E-state index contributed by atoms with van der Waals surface area (Å²) in [6, 6.07) is 2.96. The zero-order valence-electron chi connectivity index (χ0n) is 12.0. The van der Waals surface area contributed by atoms with Crippen LogP contribution in [0.3, 0.4) is 0 Å². The van der Waals surface area contributed by atoms with Crippen LogP contribution in [-0.2, 0) is 19.9 Å². The molecule has 1 aromatic rings. The maximum atomic E-state index is 12.2. The van der Waals surface area contributed by atoms with E-state index >= 15 is 0 Å². The Kier molecular flexibility index (Phi) is 5.31. The fourth-order valence-electron chi connectivity index (χ4n) is 1.85. The van der Waals surface area contributed by atoms with Crippen molar-refractivity contribution in [3.05, 3.63) is 23.3 Å². The van der Waals surface area contributed by atoms with Gasteiger partial charge in [-0.1, -0.05) is 0 Å². The summed E-state index contributed by atoms with van der Waals surface area (Å²) in [5.41, 5.74) is 0.833. The van der Waals surface area contributed by atoms with Crippen LogP contribution in [0.1, 0.15) is 11.1 Å². The summed E-state index contributed by atoms with van der Waals surface area (Å²) in [5.74, 6) is 0. The number of sulfone groups is 1. The normalized spacial score (nSPS) is 12.6. The maximum Gasteiger partial charge on any atom is 0.240 e. The molecule has 0 bridgehead atoms. The lowest BCUT2D eigenvalue weighted by Crippen LogP contribution is -2.31. The summed E-state index contributed by atoms with van der Waals surface area (Å²) in [6.07, 6.45) is 1.07. The first-order chi connectivity index (χ1) is 9.09. The fourth-order valence-corrected chi connectivity index (χ4v) is 4.36. The number of hydrogen-bond donors (Lipinski definition) is 2. The molecule has 0 amide bonds. The van der Waals surface area contributed by atoms with Crippen molar-refractivity contribution in [2.24, 2.45) is 0 Å². The fraction of sp³-hybridized carbons (Fsp3) is 0.500. The third-order valence-corrected chi connectivity index (χ3v) is 5.62. The number of sulfonamides is 1. The van der Waals surface area contributed by atoms with Gasteiger partial charge in [-0.05, 0) is 44.2 Å². The molecule has 1 aromatic carbocycles. The summed E-state index contributed by atoms with van der Waals surface area (Å²) in [5, 5.41) is 2.83. The molecule has 8 heteroatoms. The Morgan fingerprint density at radius 2 is 1.55 bits per heavy atom. The smallest absolute Gasteiger partial charge is 0.240 e. The SMILES string of the molecule is CNCCNS(=O)(=O)c1cc(C)cc(S(C)(=O)=O)c1C. The molecule has 0 fully saturated rings. The van der Waals surface area contributed by atoms with Gasteiger partial charge in [0.1, 0.15) is 0 Å². The largest absolute Gasteiger partial charge is 0.318 e. The molecule has 0 saturated carbocycles. The molecule has 114 valence electrons. The van der Waals surface area contributed by atoms with E-state index in [4.69, 9.17) is 0 Å². The molecular formula is C12H20N2O4S2. The Morgan fingerprint density at radius 1 is 1.00 bits per heavy atom. The third-order valence-electron chi connectivity index (χ3n) is 2.81. The van der Waals surface area contributed by atoms with Crippen LogP contribution in [0, 0.1) is 13.8 Å². The highest BCUT2D eigenvalue weighted by Crippen LogP contribution is 2.24. The van der Waals surface area contributed by atoms with Crippen molar-refractivity contribution in [3.8, 4) is 0 Å². The maximum absolute atomic E-state index is 12.2. The Bertz CT molecular complexity index is 694. The predicted octanol–water partition coefficient (Wildman–Crippen LogP) is 0.205. The van der Waals surface area contributed by atoms with Crippen LogP contribution in [0.2, 0.25) is 0 Å². The van der Waals surface area contributed by atoms with Gasteiger partial charge >= 0.3 is 0 Å². The molecule has 1 rings (SSSR count). The van der Waals surface area contributed by atoms with Gasteiger partial charge in [-0.15, -0.1) is 0 Å². The zero-order valence-corrected chi connectivity index (χ0v) is 13.7. The van der Waals surface area contributed by atoms with E-state index in [0.29, 0.717) is 12.1 Å². The number of hydrogen-bond acceptors (Lipinski definition) is 5. The molecule has 0 spiro atoms. The minimum absolute atomic E-state index is 0.00836. The van der Waals surface area contributed by atoms with Crippen LogP contribution in [0.25, 0.3) is 0 Å². The molecule has 0 aliphatic carbocycles. The van der Waals surface area contributed by atoms with E-state index in [2.05, 4.69) is 10.0 Å². The molecule has 2 N–H and O–H groups in total. The molecular weight excluding hydrogens is 300 g/mol. The van der Waals surface area contributed by atoms with Crippen LogP contribution >= 0.6 is 0 Å². The Hall–Kier alpha value is -0.960. The van der Waals surface area contributed by atoms with Gasteiger partial charge in [0.15, 0.2) is 9.84 Å². The third kappa shape index (κ3) is 4.02. The number of rotatable bonds is 6. The second-order valence-corrected chi connectivity index (χ2v) is 8.38. The Morgan fingerprint density at radius 3 is 2.05 bits per heavy atom. The molecule has 0 radical (unpaired) electrons. The summed E-state index contributed by atoms with van der Waals surface area (Å²) < 4.78 is 50.3. The summed E-state index contributed by atoms with van der Waals surface area (Å²) in [4.78, 5) is 0.0560. The number of nitrogens with one attached hydrogen (secondary N) is 2. The van der Waals surface area contributed by atoms with Crippen molar-refractivity contribution in [2.75, 3.05) is 26.4 Å². The van der Waals surface area contributed by atoms with Gasteiger partial charge in [0.2, 0.25) is 10.0 Å². The van der Waals surface area contributed by atoms with Gasteiger partial charge < -0.3 is 5.32 Å². The summed E-state index contributed by atoms with van der Waals surface area (Å²) in [6.45, 7) is 3.90. The van der Waals surface area contributed by atoms with Crippen molar-refractivity contribution in [1.82, 2.24) is 10.0 Å². The van der Waals surface area contributed by atoms with Crippen LogP contribution in [-0.4, -0.2) is 43.2 Å². The van der Waals surface area contributed by atoms with E-state index in [1.54, 1.807) is 14.0 Å². The van der Waals surface area contributed by atoms with E-state index in [1.807, 2.05) is 0 Å². The first-order valence-electron chi connectivity index (χ1n) is 6.05. The van der Waals surface area contributed by atoms with Crippen molar-refractivity contribution >= 4 is 19.9 Å². The standard InChI is InChI=1S/C12H20N2O4S2/c1-9-7-11(19(4,15)16)10(2)12(8-9)20(17,18)14-6-5-13-3/h7-8,13-14H,5-6H2,1-4H3. The molecule has 0 aliphatic rings. The number of likely N-dealkylation sites (N-methyl/N-ethyl adjacent to an activating group) is 1. The molecule has 0 heterocycles. The molecule has 0 atom stereocenters. The number of benzene rings is 1. The van der Waals surface area contributed by atoms with E-state index in [0.717, 1.165) is 6.26 Å². The van der Waals surface area contributed by atoms with Crippen molar-refractivity contribution in [3.63, 3.8) is 0 Å². The topological polar surface area (TPSA) is 92.3 Å². The lowest BCUT2D eigenvalue weighted by atomic mass is 10.2. The van der Waals surface area contributed by atoms with Gasteiger partial charge in [0.25, 0.3) is 0 Å². The second-order valence-electron chi connectivity index (χ2n) is 4.66. The average Bonchev–Trinajstić information content (AvgIpc) is 2.30. The summed E-state index contributed by atoms with van der Waals surface area (Å²) >= 11 is 0. The van der Waals surface area contributed by atoms with Crippen molar-refractivity contribution in [1.29, 1.82) is 0 Å². The highest BCUT2D eigenvalue weighted by molar-refractivity contribution is 7.91. The van der Waals surface area contributed by atoms with Gasteiger partial charge in [-0.3, -0.25) is 0 Å². The van der Waals surface area contributed by atoms with Crippen LogP contribution in [0.15, 0.2) is 21.9 Å². The minimum atomic E-state index is -3.72. The average molecular weight is 320 g/mol. The second kappa shape index (κ2) is 6.21. The van der Waals surface area contributed by atoms with E-state index in [-0.39, 0.29) is 21.9 Å².